The van der Waals surface area contributed by atoms with E-state index in [0.29, 0.717) is 12.5 Å². The Morgan fingerprint density at radius 2 is 1.93 bits per heavy atom. The van der Waals surface area contributed by atoms with E-state index in [-0.39, 0.29) is 29.4 Å². The summed E-state index contributed by atoms with van der Waals surface area (Å²) in [5, 5.41) is 7.60. The number of nitrogens with zero attached hydrogens (tertiary/aromatic N) is 5. The monoisotopic (exact) mass is 514 g/mol. The lowest BCUT2D eigenvalue weighted by Gasteiger charge is -2.29. The van der Waals surface area contributed by atoms with Crippen molar-refractivity contribution in [3.8, 4) is 5.75 Å². The summed E-state index contributed by atoms with van der Waals surface area (Å²) in [6, 6.07) is 8.38. The van der Waals surface area contributed by atoms with E-state index in [1.54, 1.807) is 18.1 Å². The predicted molar refractivity (Wildman–Crippen MR) is 129 cm³/mol. The summed E-state index contributed by atoms with van der Waals surface area (Å²) in [6.07, 6.45) is 1.57. The smallest absolute Gasteiger partial charge is 0.193 e. The van der Waals surface area contributed by atoms with Gasteiger partial charge in [-0.1, -0.05) is 39.8 Å². The van der Waals surface area contributed by atoms with Crippen LogP contribution in [0.5, 0.6) is 5.75 Å². The highest BCUT2D eigenvalue weighted by Gasteiger charge is 2.22. The van der Waals surface area contributed by atoms with E-state index in [1.165, 1.54) is 5.56 Å². The average molecular weight is 514 g/mol. The quantitative estimate of drug-likeness (QED) is 0.332. The first-order valence-corrected chi connectivity index (χ1v) is 9.71. The molecule has 0 aliphatic rings. The Kier molecular flexibility index (Phi) is 9.88. The second-order valence-corrected chi connectivity index (χ2v) is 8.17. The molecule has 0 fully saturated rings. The molecule has 2 rings (SSSR count). The maximum Gasteiger partial charge on any atom is 0.193 e. The topological polar surface area (TPSA) is 67.6 Å². The standard InChI is InChI=1S/C21H34N6O.HI/c1-16(2)13-28-18-10-8-17(9-11-18)21(3,4)14-23-20(22-5)26(6)12-19-24-15-25-27(19)7;/h8-11,15-16H,12-14H2,1-7H3,(H,22,23);1H. The van der Waals surface area contributed by atoms with Crippen molar-refractivity contribution in [3.63, 3.8) is 0 Å². The molecule has 1 heterocycles. The highest BCUT2D eigenvalue weighted by atomic mass is 127. The van der Waals surface area contributed by atoms with Crippen LogP contribution in [0.15, 0.2) is 35.6 Å². The van der Waals surface area contributed by atoms with Crippen LogP contribution >= 0.6 is 24.0 Å². The van der Waals surface area contributed by atoms with Crippen molar-refractivity contribution in [1.82, 2.24) is 25.0 Å². The van der Waals surface area contributed by atoms with Gasteiger partial charge in [0, 0.05) is 33.1 Å². The molecule has 7 nitrogen and oxygen atoms in total. The molecule has 0 atom stereocenters. The molecule has 0 unspecified atom stereocenters. The van der Waals surface area contributed by atoms with Gasteiger partial charge in [0.15, 0.2) is 5.96 Å². The molecule has 0 bridgehead atoms. The summed E-state index contributed by atoms with van der Waals surface area (Å²) in [7, 11) is 5.69. The molecule has 1 aromatic carbocycles. The Hall–Kier alpha value is -1.84. The number of aliphatic imine (C=N–C) groups is 1. The third-order valence-electron chi connectivity index (χ3n) is 4.66. The normalized spacial score (nSPS) is 11.9. The van der Waals surface area contributed by atoms with E-state index >= 15 is 0 Å². The van der Waals surface area contributed by atoms with Crippen LogP contribution in [-0.2, 0) is 19.0 Å². The molecule has 0 aliphatic carbocycles. The summed E-state index contributed by atoms with van der Waals surface area (Å²) in [4.78, 5) is 10.7. The lowest BCUT2D eigenvalue weighted by atomic mass is 9.84. The van der Waals surface area contributed by atoms with Crippen LogP contribution in [0.4, 0.5) is 0 Å². The van der Waals surface area contributed by atoms with Crippen LogP contribution in [0.3, 0.4) is 0 Å². The number of benzene rings is 1. The highest BCUT2D eigenvalue weighted by molar-refractivity contribution is 14.0. The van der Waals surface area contributed by atoms with Crippen molar-refractivity contribution in [1.29, 1.82) is 0 Å². The zero-order valence-corrected chi connectivity index (χ0v) is 21.0. The number of halogens is 1. The van der Waals surface area contributed by atoms with Gasteiger partial charge in [0.1, 0.15) is 17.9 Å². The van der Waals surface area contributed by atoms with Gasteiger partial charge in [-0.05, 0) is 23.6 Å². The van der Waals surface area contributed by atoms with Crippen LogP contribution in [0.25, 0.3) is 0 Å². The van der Waals surface area contributed by atoms with Gasteiger partial charge < -0.3 is 15.0 Å². The number of aryl methyl sites for hydroxylation is 1. The van der Waals surface area contributed by atoms with E-state index in [4.69, 9.17) is 4.74 Å². The van der Waals surface area contributed by atoms with Gasteiger partial charge in [-0.15, -0.1) is 24.0 Å². The van der Waals surface area contributed by atoms with Gasteiger partial charge in [0.05, 0.1) is 13.2 Å². The van der Waals surface area contributed by atoms with Crippen LogP contribution in [0.2, 0.25) is 0 Å². The first-order valence-electron chi connectivity index (χ1n) is 9.71. The molecule has 0 aliphatic heterocycles. The Bertz CT molecular complexity index is 770. The molecule has 0 saturated carbocycles. The lowest BCUT2D eigenvalue weighted by molar-refractivity contribution is 0.271. The Morgan fingerprint density at radius 3 is 2.45 bits per heavy atom. The SMILES string of the molecule is CN=C(NCC(C)(C)c1ccc(OCC(C)C)cc1)N(C)Cc1ncnn1C.I. The first-order chi connectivity index (χ1) is 13.2. The van der Waals surface area contributed by atoms with Crippen LogP contribution in [0, 0.1) is 5.92 Å². The molecule has 0 spiro atoms. The number of nitrogens with one attached hydrogen (secondary N) is 1. The van der Waals surface area contributed by atoms with Gasteiger partial charge in [-0.25, -0.2) is 4.98 Å². The second kappa shape index (κ2) is 11.4. The Balaban J connectivity index is 0.00000420. The molecule has 1 aromatic heterocycles. The molecule has 0 amide bonds. The number of guanidine groups is 1. The Morgan fingerprint density at radius 1 is 1.28 bits per heavy atom. The van der Waals surface area contributed by atoms with Crippen LogP contribution in [0.1, 0.15) is 39.1 Å². The van der Waals surface area contributed by atoms with Crippen molar-refractivity contribution in [3.05, 3.63) is 42.0 Å². The molecule has 162 valence electrons. The van der Waals surface area contributed by atoms with Gasteiger partial charge in [0.2, 0.25) is 0 Å². The largest absolute Gasteiger partial charge is 0.493 e. The van der Waals surface area contributed by atoms with Crippen molar-refractivity contribution < 1.29 is 4.74 Å². The van der Waals surface area contributed by atoms with E-state index in [2.05, 4.69) is 72.4 Å². The van der Waals surface area contributed by atoms with Gasteiger partial charge >= 0.3 is 0 Å². The molecule has 29 heavy (non-hydrogen) atoms. The van der Waals surface area contributed by atoms with E-state index in [9.17, 15) is 0 Å². The van der Waals surface area contributed by atoms with Gasteiger partial charge in [-0.3, -0.25) is 9.67 Å². The fourth-order valence-corrected chi connectivity index (χ4v) is 2.80. The molecule has 2 aromatic rings. The zero-order chi connectivity index (χ0) is 20.7. The lowest BCUT2D eigenvalue weighted by Crippen LogP contribution is -2.44. The number of hydrogen-bond donors (Lipinski definition) is 1. The molecule has 8 heteroatoms. The van der Waals surface area contributed by atoms with Gasteiger partial charge in [-0.2, -0.15) is 5.10 Å². The van der Waals surface area contributed by atoms with Crippen LogP contribution < -0.4 is 10.1 Å². The number of hydrogen-bond acceptors (Lipinski definition) is 4. The molecular formula is C21H35IN6O. The van der Waals surface area contributed by atoms with E-state index < -0.39 is 0 Å². The first kappa shape index (κ1) is 25.2. The Labute approximate surface area is 192 Å². The summed E-state index contributed by atoms with van der Waals surface area (Å²) in [5.74, 6) is 3.15. The van der Waals surface area contributed by atoms with E-state index in [0.717, 1.165) is 30.7 Å². The second-order valence-electron chi connectivity index (χ2n) is 8.17. The van der Waals surface area contributed by atoms with Crippen molar-refractivity contribution in [2.75, 3.05) is 27.2 Å². The molecule has 0 radical (unpaired) electrons. The zero-order valence-electron chi connectivity index (χ0n) is 18.6. The minimum atomic E-state index is -0.0574. The summed E-state index contributed by atoms with van der Waals surface area (Å²) in [6.45, 7) is 10.9. The fraction of sp³-hybridized carbons (Fsp3) is 0.571. The fourth-order valence-electron chi connectivity index (χ4n) is 2.80. The summed E-state index contributed by atoms with van der Waals surface area (Å²) < 4.78 is 7.56. The molecular weight excluding hydrogens is 479 g/mol. The number of aromatic nitrogens is 3. The molecule has 1 N–H and O–H groups in total. The number of rotatable bonds is 8. The van der Waals surface area contributed by atoms with Crippen LogP contribution in [-0.4, -0.2) is 52.9 Å². The van der Waals surface area contributed by atoms with Crippen molar-refractivity contribution in [2.24, 2.45) is 18.0 Å². The third-order valence-corrected chi connectivity index (χ3v) is 4.66. The summed E-state index contributed by atoms with van der Waals surface area (Å²) in [5.41, 5.74) is 1.20. The maximum atomic E-state index is 5.79. The highest BCUT2D eigenvalue weighted by Crippen LogP contribution is 2.25. The summed E-state index contributed by atoms with van der Waals surface area (Å²) >= 11 is 0. The van der Waals surface area contributed by atoms with Gasteiger partial charge in [0.25, 0.3) is 0 Å². The van der Waals surface area contributed by atoms with Crippen molar-refractivity contribution in [2.45, 2.75) is 39.7 Å². The predicted octanol–water partition coefficient (Wildman–Crippen LogP) is 3.45. The van der Waals surface area contributed by atoms with Crippen molar-refractivity contribution >= 4 is 29.9 Å². The third kappa shape index (κ3) is 7.49. The average Bonchev–Trinajstić information content (AvgIpc) is 3.05. The maximum absolute atomic E-state index is 5.79. The molecule has 0 saturated heterocycles. The number of ether oxygens (including phenoxy) is 1. The minimum absolute atomic E-state index is 0. The minimum Gasteiger partial charge on any atom is -0.493 e. The van der Waals surface area contributed by atoms with E-state index in [1.807, 2.05) is 19.0 Å².